The summed E-state index contributed by atoms with van der Waals surface area (Å²) in [6.07, 6.45) is 0. The maximum absolute atomic E-state index is 6.25. The van der Waals surface area contributed by atoms with Crippen molar-refractivity contribution in [3.63, 3.8) is 0 Å². The van der Waals surface area contributed by atoms with Gasteiger partial charge in [0.2, 0.25) is 0 Å². The van der Waals surface area contributed by atoms with Crippen LogP contribution in [0.2, 0.25) is 0 Å². The standard InChI is InChI=1S/C17H24N2OS/c1-12-8-9-21-17(12)16(13(2)18)19(3)11-14-6-5-7-15(10-14)20-4/h5-10,13,16H,11,18H2,1-4H3. The Hall–Kier alpha value is -1.36. The maximum atomic E-state index is 6.25. The molecular weight excluding hydrogens is 280 g/mol. The van der Waals surface area contributed by atoms with Crippen LogP contribution in [0.25, 0.3) is 0 Å². The van der Waals surface area contributed by atoms with Crippen LogP contribution in [0.5, 0.6) is 5.75 Å². The highest BCUT2D eigenvalue weighted by Crippen LogP contribution is 2.31. The quantitative estimate of drug-likeness (QED) is 0.886. The van der Waals surface area contributed by atoms with Gasteiger partial charge in [0.1, 0.15) is 5.75 Å². The van der Waals surface area contributed by atoms with Crippen LogP contribution in [-0.2, 0) is 6.54 Å². The predicted molar refractivity (Wildman–Crippen MR) is 89.9 cm³/mol. The fourth-order valence-corrected chi connectivity index (χ4v) is 3.89. The highest BCUT2D eigenvalue weighted by molar-refractivity contribution is 7.10. The molecule has 0 fully saturated rings. The fourth-order valence-electron chi connectivity index (χ4n) is 2.68. The summed E-state index contributed by atoms with van der Waals surface area (Å²) in [6, 6.07) is 10.7. The van der Waals surface area contributed by atoms with E-state index in [4.69, 9.17) is 10.5 Å². The van der Waals surface area contributed by atoms with Crippen LogP contribution in [0.3, 0.4) is 0 Å². The summed E-state index contributed by atoms with van der Waals surface area (Å²) in [5.41, 5.74) is 8.80. The van der Waals surface area contributed by atoms with Gasteiger partial charge >= 0.3 is 0 Å². The molecule has 0 aliphatic carbocycles. The van der Waals surface area contributed by atoms with Crippen LogP contribution in [0.1, 0.15) is 29.0 Å². The molecule has 1 aromatic carbocycles. The molecule has 2 atom stereocenters. The van der Waals surface area contributed by atoms with Gasteiger partial charge in [-0.25, -0.2) is 0 Å². The first-order chi connectivity index (χ1) is 10.0. The lowest BCUT2D eigenvalue weighted by atomic mass is 10.0. The molecule has 2 aromatic rings. The number of thiophene rings is 1. The number of nitrogens with zero attached hydrogens (tertiary/aromatic N) is 1. The normalized spacial score (nSPS) is 14.2. The first-order valence-electron chi connectivity index (χ1n) is 7.15. The third-order valence-corrected chi connectivity index (χ3v) is 4.80. The van der Waals surface area contributed by atoms with E-state index >= 15 is 0 Å². The third-order valence-electron chi connectivity index (χ3n) is 3.71. The van der Waals surface area contributed by atoms with Gasteiger partial charge in [0.05, 0.1) is 13.2 Å². The zero-order valence-corrected chi connectivity index (χ0v) is 14.0. The van der Waals surface area contributed by atoms with Crippen molar-refractivity contribution in [2.45, 2.75) is 32.5 Å². The summed E-state index contributed by atoms with van der Waals surface area (Å²) < 4.78 is 5.29. The van der Waals surface area contributed by atoms with E-state index < -0.39 is 0 Å². The molecule has 2 N–H and O–H groups in total. The molecule has 3 nitrogen and oxygen atoms in total. The summed E-state index contributed by atoms with van der Waals surface area (Å²) in [6.45, 7) is 5.08. The first-order valence-corrected chi connectivity index (χ1v) is 8.03. The van der Waals surface area contributed by atoms with E-state index in [0.717, 1.165) is 12.3 Å². The van der Waals surface area contributed by atoms with Crippen molar-refractivity contribution in [1.29, 1.82) is 0 Å². The second kappa shape index (κ2) is 7.07. The zero-order valence-electron chi connectivity index (χ0n) is 13.2. The van der Waals surface area contributed by atoms with Crippen LogP contribution in [0.4, 0.5) is 0 Å². The maximum Gasteiger partial charge on any atom is 0.119 e. The smallest absolute Gasteiger partial charge is 0.119 e. The van der Waals surface area contributed by atoms with Gasteiger partial charge in [0.15, 0.2) is 0 Å². The molecule has 1 aromatic heterocycles. The molecule has 0 saturated heterocycles. The minimum absolute atomic E-state index is 0.0814. The lowest BCUT2D eigenvalue weighted by Gasteiger charge is -2.31. The lowest BCUT2D eigenvalue weighted by Crippen LogP contribution is -2.36. The van der Waals surface area contributed by atoms with E-state index in [9.17, 15) is 0 Å². The zero-order chi connectivity index (χ0) is 15.4. The van der Waals surface area contributed by atoms with Gasteiger partial charge in [-0.15, -0.1) is 11.3 Å². The Morgan fingerprint density at radius 2 is 2.10 bits per heavy atom. The molecule has 0 radical (unpaired) electrons. The van der Waals surface area contributed by atoms with E-state index in [1.807, 2.05) is 12.1 Å². The van der Waals surface area contributed by atoms with Gasteiger partial charge in [-0.1, -0.05) is 12.1 Å². The van der Waals surface area contributed by atoms with Gasteiger partial charge in [-0.2, -0.15) is 0 Å². The Labute approximate surface area is 131 Å². The van der Waals surface area contributed by atoms with Crippen molar-refractivity contribution < 1.29 is 4.74 Å². The molecule has 21 heavy (non-hydrogen) atoms. The molecule has 4 heteroatoms. The van der Waals surface area contributed by atoms with Crippen molar-refractivity contribution in [2.75, 3.05) is 14.2 Å². The van der Waals surface area contributed by atoms with E-state index in [2.05, 4.69) is 49.4 Å². The summed E-state index contributed by atoms with van der Waals surface area (Å²) in [7, 11) is 3.83. The number of ether oxygens (including phenoxy) is 1. The highest BCUT2D eigenvalue weighted by Gasteiger charge is 2.24. The molecule has 2 rings (SSSR count). The van der Waals surface area contributed by atoms with Crippen LogP contribution >= 0.6 is 11.3 Å². The summed E-state index contributed by atoms with van der Waals surface area (Å²) in [5.74, 6) is 0.894. The van der Waals surface area contributed by atoms with E-state index in [-0.39, 0.29) is 12.1 Å². The molecule has 0 spiro atoms. The minimum atomic E-state index is 0.0814. The van der Waals surface area contributed by atoms with E-state index in [1.54, 1.807) is 18.4 Å². The lowest BCUT2D eigenvalue weighted by molar-refractivity contribution is 0.213. The highest BCUT2D eigenvalue weighted by atomic mass is 32.1. The number of hydrogen-bond donors (Lipinski definition) is 1. The number of methoxy groups -OCH3 is 1. The SMILES string of the molecule is COc1cccc(CN(C)C(c2sccc2C)C(C)N)c1. The molecule has 0 aliphatic rings. The average Bonchev–Trinajstić information content (AvgIpc) is 2.85. The Balaban J connectivity index is 2.19. The van der Waals surface area contributed by atoms with Crippen molar-refractivity contribution in [3.05, 3.63) is 51.7 Å². The monoisotopic (exact) mass is 304 g/mol. The van der Waals surface area contributed by atoms with E-state index in [0.29, 0.717) is 0 Å². The molecule has 0 aliphatic heterocycles. The molecule has 0 bridgehead atoms. The topological polar surface area (TPSA) is 38.5 Å². The Kier molecular flexibility index (Phi) is 5.39. The van der Waals surface area contributed by atoms with Crippen molar-refractivity contribution >= 4 is 11.3 Å². The average molecular weight is 304 g/mol. The van der Waals surface area contributed by atoms with Gasteiger partial charge in [-0.05, 0) is 55.6 Å². The van der Waals surface area contributed by atoms with Crippen LogP contribution < -0.4 is 10.5 Å². The number of hydrogen-bond acceptors (Lipinski definition) is 4. The number of rotatable bonds is 6. The number of nitrogens with two attached hydrogens (primary N) is 1. The van der Waals surface area contributed by atoms with Crippen LogP contribution in [0, 0.1) is 6.92 Å². The largest absolute Gasteiger partial charge is 0.497 e. The summed E-state index contributed by atoms with van der Waals surface area (Å²) in [5, 5.41) is 2.14. The van der Waals surface area contributed by atoms with Crippen molar-refractivity contribution in [1.82, 2.24) is 4.90 Å². The second-order valence-electron chi connectivity index (χ2n) is 5.54. The Morgan fingerprint density at radius 1 is 1.33 bits per heavy atom. The van der Waals surface area contributed by atoms with Crippen molar-refractivity contribution in [3.8, 4) is 5.75 Å². The Bertz CT molecular complexity index is 580. The van der Waals surface area contributed by atoms with Crippen LogP contribution in [-0.4, -0.2) is 25.1 Å². The van der Waals surface area contributed by atoms with Crippen molar-refractivity contribution in [2.24, 2.45) is 5.73 Å². The van der Waals surface area contributed by atoms with Gasteiger partial charge in [-0.3, -0.25) is 4.90 Å². The molecule has 0 saturated carbocycles. The Morgan fingerprint density at radius 3 is 2.67 bits per heavy atom. The van der Waals surface area contributed by atoms with Crippen LogP contribution in [0.15, 0.2) is 35.7 Å². The first kappa shape index (κ1) is 16.0. The summed E-state index contributed by atoms with van der Waals surface area (Å²) in [4.78, 5) is 3.67. The number of likely N-dealkylation sites (N-methyl/N-ethyl adjacent to an activating group) is 1. The molecule has 0 amide bonds. The molecule has 114 valence electrons. The minimum Gasteiger partial charge on any atom is -0.497 e. The molecule has 1 heterocycles. The fraction of sp³-hybridized carbons (Fsp3) is 0.412. The predicted octanol–water partition coefficient (Wildman–Crippen LogP) is 3.59. The summed E-state index contributed by atoms with van der Waals surface area (Å²) >= 11 is 1.79. The van der Waals surface area contributed by atoms with Gasteiger partial charge < -0.3 is 10.5 Å². The van der Waals surface area contributed by atoms with E-state index in [1.165, 1.54) is 16.0 Å². The number of benzene rings is 1. The second-order valence-corrected chi connectivity index (χ2v) is 6.49. The molecule has 2 unspecified atom stereocenters. The molecular formula is C17H24N2OS. The van der Waals surface area contributed by atoms with Gasteiger partial charge in [0, 0.05) is 17.5 Å². The van der Waals surface area contributed by atoms with Gasteiger partial charge in [0.25, 0.3) is 0 Å². The number of aryl methyl sites for hydroxylation is 1. The third kappa shape index (κ3) is 3.84.